The molecule has 2 N–H and O–H groups in total. The Morgan fingerprint density at radius 1 is 1.31 bits per heavy atom. The van der Waals surface area contributed by atoms with Gasteiger partial charge in [-0.2, -0.15) is 0 Å². The van der Waals surface area contributed by atoms with Crippen molar-refractivity contribution in [3.63, 3.8) is 0 Å². The SMILES string of the molecule is CCCc1nc2c(C)c(Cl)c(C)c(N)c2o1. The van der Waals surface area contributed by atoms with Gasteiger partial charge in [0.05, 0.1) is 10.7 Å². The third kappa shape index (κ3) is 1.55. The molecule has 3 nitrogen and oxygen atoms in total. The number of anilines is 1. The summed E-state index contributed by atoms with van der Waals surface area (Å²) in [6.45, 7) is 5.92. The lowest BCUT2D eigenvalue weighted by atomic mass is 10.1. The topological polar surface area (TPSA) is 52.0 Å². The number of oxazole rings is 1. The van der Waals surface area contributed by atoms with Gasteiger partial charge in [0.1, 0.15) is 5.52 Å². The number of rotatable bonds is 2. The molecule has 0 spiro atoms. The number of halogens is 1. The highest BCUT2D eigenvalue weighted by molar-refractivity contribution is 6.33. The predicted octanol–water partition coefficient (Wildman–Crippen LogP) is 3.63. The minimum atomic E-state index is 0.598. The summed E-state index contributed by atoms with van der Waals surface area (Å²) in [6.07, 6.45) is 1.82. The molecule has 2 aromatic rings. The van der Waals surface area contributed by atoms with E-state index in [9.17, 15) is 0 Å². The fraction of sp³-hybridized carbons (Fsp3) is 0.417. The van der Waals surface area contributed by atoms with Gasteiger partial charge in [0.15, 0.2) is 11.5 Å². The summed E-state index contributed by atoms with van der Waals surface area (Å²) in [4.78, 5) is 4.43. The average molecular weight is 239 g/mol. The summed E-state index contributed by atoms with van der Waals surface area (Å²) < 4.78 is 5.66. The zero-order valence-corrected chi connectivity index (χ0v) is 10.5. The number of nitrogens with two attached hydrogens (primary N) is 1. The van der Waals surface area contributed by atoms with Crippen LogP contribution in [0, 0.1) is 13.8 Å². The highest BCUT2D eigenvalue weighted by Gasteiger charge is 2.16. The van der Waals surface area contributed by atoms with E-state index < -0.39 is 0 Å². The highest BCUT2D eigenvalue weighted by Crippen LogP contribution is 2.35. The first-order valence-corrected chi connectivity index (χ1v) is 5.77. The molecule has 16 heavy (non-hydrogen) atoms. The van der Waals surface area contributed by atoms with Gasteiger partial charge in [0.2, 0.25) is 0 Å². The Morgan fingerprint density at radius 3 is 2.62 bits per heavy atom. The van der Waals surface area contributed by atoms with E-state index in [1.807, 2.05) is 13.8 Å². The summed E-state index contributed by atoms with van der Waals surface area (Å²) in [5.41, 5.74) is 9.84. The van der Waals surface area contributed by atoms with Gasteiger partial charge in [-0.25, -0.2) is 4.98 Å². The third-order valence-corrected chi connectivity index (χ3v) is 3.36. The van der Waals surface area contributed by atoms with Crippen molar-refractivity contribution in [1.82, 2.24) is 4.98 Å². The van der Waals surface area contributed by atoms with E-state index >= 15 is 0 Å². The number of fused-ring (bicyclic) bond motifs is 1. The maximum absolute atomic E-state index is 6.19. The quantitative estimate of drug-likeness (QED) is 0.813. The Balaban J connectivity index is 2.76. The van der Waals surface area contributed by atoms with Gasteiger partial charge in [-0.3, -0.25) is 0 Å². The largest absolute Gasteiger partial charge is 0.438 e. The number of nitrogen functional groups attached to an aromatic ring is 1. The standard InChI is InChI=1S/C12H15ClN2O/c1-4-5-8-15-11-7(3)9(13)6(2)10(14)12(11)16-8/h4-5,14H2,1-3H3. The Kier molecular flexibility index (Phi) is 2.80. The molecule has 1 aromatic carbocycles. The predicted molar refractivity (Wildman–Crippen MR) is 66.9 cm³/mol. The molecule has 1 aromatic heterocycles. The van der Waals surface area contributed by atoms with Crippen molar-refractivity contribution in [2.24, 2.45) is 0 Å². The summed E-state index contributed by atoms with van der Waals surface area (Å²) >= 11 is 6.19. The minimum Gasteiger partial charge on any atom is -0.438 e. The molecule has 0 saturated carbocycles. The van der Waals surface area contributed by atoms with Crippen molar-refractivity contribution in [3.05, 3.63) is 22.0 Å². The Morgan fingerprint density at radius 2 is 2.00 bits per heavy atom. The molecule has 0 fully saturated rings. The Labute approximate surface area is 99.6 Å². The maximum Gasteiger partial charge on any atom is 0.195 e. The summed E-state index contributed by atoms with van der Waals surface area (Å²) in [5, 5.41) is 0.682. The number of hydrogen-bond acceptors (Lipinski definition) is 3. The molecule has 0 radical (unpaired) electrons. The molecule has 4 heteroatoms. The fourth-order valence-electron chi connectivity index (χ4n) is 1.80. The summed E-state index contributed by atoms with van der Waals surface area (Å²) in [6, 6.07) is 0. The molecule has 0 unspecified atom stereocenters. The van der Waals surface area contributed by atoms with Crippen molar-refractivity contribution >= 4 is 28.4 Å². The lowest BCUT2D eigenvalue weighted by Crippen LogP contribution is -1.93. The normalized spacial score (nSPS) is 11.2. The lowest BCUT2D eigenvalue weighted by molar-refractivity contribution is 0.526. The van der Waals surface area contributed by atoms with Crippen LogP contribution in [-0.4, -0.2) is 4.98 Å². The lowest BCUT2D eigenvalue weighted by Gasteiger charge is -2.05. The van der Waals surface area contributed by atoms with E-state index in [2.05, 4.69) is 11.9 Å². The molecule has 1 heterocycles. The van der Waals surface area contributed by atoms with Gasteiger partial charge in [-0.05, 0) is 31.4 Å². The Bertz CT molecular complexity index is 501. The van der Waals surface area contributed by atoms with Gasteiger partial charge in [0.25, 0.3) is 0 Å². The molecule has 0 aliphatic heterocycles. The second-order valence-corrected chi connectivity index (χ2v) is 4.39. The molecule has 0 amide bonds. The van der Waals surface area contributed by atoms with Crippen LogP contribution in [0.25, 0.3) is 11.1 Å². The molecule has 86 valence electrons. The zero-order valence-electron chi connectivity index (χ0n) is 9.72. The first kappa shape index (κ1) is 11.3. The smallest absolute Gasteiger partial charge is 0.195 e. The van der Waals surface area contributed by atoms with Gasteiger partial charge in [-0.15, -0.1) is 0 Å². The van der Waals surface area contributed by atoms with E-state index in [0.717, 1.165) is 35.4 Å². The van der Waals surface area contributed by atoms with E-state index in [1.165, 1.54) is 0 Å². The van der Waals surface area contributed by atoms with Crippen molar-refractivity contribution in [3.8, 4) is 0 Å². The zero-order chi connectivity index (χ0) is 11.9. The van der Waals surface area contributed by atoms with Crippen LogP contribution in [0.1, 0.15) is 30.4 Å². The van der Waals surface area contributed by atoms with Gasteiger partial charge in [0, 0.05) is 6.42 Å². The molecule has 0 bridgehead atoms. The second kappa shape index (κ2) is 3.98. The highest BCUT2D eigenvalue weighted by atomic mass is 35.5. The average Bonchev–Trinajstić information content (AvgIpc) is 2.68. The van der Waals surface area contributed by atoms with Crippen LogP contribution in [0.5, 0.6) is 0 Å². The van der Waals surface area contributed by atoms with E-state index in [0.29, 0.717) is 16.3 Å². The van der Waals surface area contributed by atoms with Crippen molar-refractivity contribution in [1.29, 1.82) is 0 Å². The van der Waals surface area contributed by atoms with Gasteiger partial charge in [-0.1, -0.05) is 18.5 Å². The fourth-order valence-corrected chi connectivity index (χ4v) is 1.99. The first-order chi connectivity index (χ1) is 7.56. The first-order valence-electron chi connectivity index (χ1n) is 5.39. The van der Waals surface area contributed by atoms with Crippen molar-refractivity contribution < 1.29 is 4.42 Å². The molecule has 2 rings (SSSR count). The number of nitrogens with zero attached hydrogens (tertiary/aromatic N) is 1. The van der Waals surface area contributed by atoms with E-state index in [1.54, 1.807) is 0 Å². The van der Waals surface area contributed by atoms with Crippen LogP contribution in [-0.2, 0) is 6.42 Å². The minimum absolute atomic E-state index is 0.598. The monoisotopic (exact) mass is 238 g/mol. The van der Waals surface area contributed by atoms with Crippen molar-refractivity contribution in [2.75, 3.05) is 5.73 Å². The molecular weight excluding hydrogens is 224 g/mol. The summed E-state index contributed by atoms with van der Waals surface area (Å²) in [7, 11) is 0. The van der Waals surface area contributed by atoms with Crippen LogP contribution in [0.3, 0.4) is 0 Å². The third-order valence-electron chi connectivity index (χ3n) is 2.80. The Hall–Kier alpha value is -1.22. The maximum atomic E-state index is 6.19. The van der Waals surface area contributed by atoms with Crippen LogP contribution >= 0.6 is 11.6 Å². The van der Waals surface area contributed by atoms with Gasteiger partial charge >= 0.3 is 0 Å². The molecular formula is C12H15ClN2O. The van der Waals surface area contributed by atoms with Crippen LogP contribution in [0.15, 0.2) is 4.42 Å². The summed E-state index contributed by atoms with van der Waals surface area (Å²) in [5.74, 6) is 0.731. The number of aromatic nitrogens is 1. The molecule has 0 saturated heterocycles. The second-order valence-electron chi connectivity index (χ2n) is 4.01. The van der Waals surface area contributed by atoms with Crippen LogP contribution < -0.4 is 5.73 Å². The molecule has 0 aliphatic rings. The number of aryl methyl sites for hydroxylation is 2. The number of hydrogen-bond donors (Lipinski definition) is 1. The van der Waals surface area contributed by atoms with Crippen LogP contribution in [0.4, 0.5) is 5.69 Å². The van der Waals surface area contributed by atoms with E-state index in [-0.39, 0.29) is 0 Å². The van der Waals surface area contributed by atoms with E-state index in [4.69, 9.17) is 21.8 Å². The molecule has 0 atom stereocenters. The van der Waals surface area contributed by atoms with Gasteiger partial charge < -0.3 is 10.2 Å². The van der Waals surface area contributed by atoms with Crippen molar-refractivity contribution in [2.45, 2.75) is 33.6 Å². The molecule has 0 aliphatic carbocycles. The van der Waals surface area contributed by atoms with Crippen LogP contribution in [0.2, 0.25) is 5.02 Å². The number of benzene rings is 1.